The van der Waals surface area contributed by atoms with Crippen LogP contribution in [0.25, 0.3) is 11.3 Å². The molecule has 0 aliphatic carbocycles. The Labute approximate surface area is 146 Å². The summed E-state index contributed by atoms with van der Waals surface area (Å²) in [6.07, 6.45) is -2.93. The molecule has 3 rings (SSSR count). The maximum Gasteiger partial charge on any atom is 0.417 e. The maximum atomic E-state index is 13.0. The summed E-state index contributed by atoms with van der Waals surface area (Å²) in [5.41, 5.74) is 1.17. The van der Waals surface area contributed by atoms with Crippen LogP contribution in [0.3, 0.4) is 0 Å². The van der Waals surface area contributed by atoms with E-state index in [0.717, 1.165) is 23.4 Å². The molecule has 0 atom stereocenters. The minimum absolute atomic E-state index is 0.148. The second-order valence-corrected chi connectivity index (χ2v) is 5.67. The van der Waals surface area contributed by atoms with Crippen molar-refractivity contribution in [3.8, 4) is 17.3 Å². The lowest BCUT2D eigenvalue weighted by atomic mass is 10.1. The van der Waals surface area contributed by atoms with Crippen LogP contribution in [0.4, 0.5) is 18.9 Å². The molecule has 0 saturated heterocycles. The number of aryl methyl sites for hydroxylation is 1. The molecule has 0 bridgehead atoms. The predicted octanol–water partition coefficient (Wildman–Crippen LogP) is 3.89. The van der Waals surface area contributed by atoms with Gasteiger partial charge in [0.15, 0.2) is 5.76 Å². The molecule has 6 nitrogen and oxygen atoms in total. The van der Waals surface area contributed by atoms with Crippen LogP contribution in [0.1, 0.15) is 22.6 Å². The normalized spacial score (nSPS) is 11.4. The number of hydrogen-bond donors (Lipinski definition) is 1. The number of hydrogen-bond acceptors (Lipinski definition) is 5. The number of benzene rings is 1. The summed E-state index contributed by atoms with van der Waals surface area (Å²) in [5.74, 6) is 0.459. The standard InChI is InChI=1S/C17H14F3N5O/c1-10-14(9-23-25(10)2)16-6-13(26-24-16)8-22-12-4-3-11(7-21)15(5-12)17(18,19)20/h3-6,9,22H,8H2,1-2H3. The maximum absolute atomic E-state index is 13.0. The zero-order valence-electron chi connectivity index (χ0n) is 13.9. The van der Waals surface area contributed by atoms with Gasteiger partial charge in [0, 0.05) is 30.1 Å². The van der Waals surface area contributed by atoms with E-state index in [-0.39, 0.29) is 12.2 Å². The van der Waals surface area contributed by atoms with E-state index in [4.69, 9.17) is 9.78 Å². The van der Waals surface area contributed by atoms with Crippen molar-refractivity contribution < 1.29 is 17.7 Å². The lowest BCUT2D eigenvalue weighted by Gasteiger charge is -2.11. The van der Waals surface area contributed by atoms with Gasteiger partial charge in [-0.25, -0.2) is 0 Å². The number of nitrogens with one attached hydrogen (secondary N) is 1. The third-order valence-electron chi connectivity index (χ3n) is 3.98. The highest BCUT2D eigenvalue weighted by Crippen LogP contribution is 2.33. The molecular formula is C17H14F3N5O. The van der Waals surface area contributed by atoms with Gasteiger partial charge in [-0.15, -0.1) is 0 Å². The van der Waals surface area contributed by atoms with E-state index in [1.54, 1.807) is 23.0 Å². The van der Waals surface area contributed by atoms with Crippen LogP contribution in [-0.4, -0.2) is 14.9 Å². The van der Waals surface area contributed by atoms with Crippen LogP contribution < -0.4 is 5.32 Å². The number of rotatable bonds is 4. The smallest absolute Gasteiger partial charge is 0.378 e. The molecular weight excluding hydrogens is 347 g/mol. The van der Waals surface area contributed by atoms with E-state index in [9.17, 15) is 13.2 Å². The molecule has 2 aromatic heterocycles. The van der Waals surface area contributed by atoms with Crippen molar-refractivity contribution in [3.63, 3.8) is 0 Å². The first-order valence-electron chi connectivity index (χ1n) is 7.59. The third-order valence-corrected chi connectivity index (χ3v) is 3.98. The minimum atomic E-state index is -4.60. The van der Waals surface area contributed by atoms with Gasteiger partial charge in [-0.05, 0) is 25.1 Å². The lowest BCUT2D eigenvalue weighted by molar-refractivity contribution is -0.137. The third kappa shape index (κ3) is 3.39. The van der Waals surface area contributed by atoms with E-state index in [0.29, 0.717) is 11.5 Å². The molecule has 0 aliphatic rings. The second kappa shape index (κ2) is 6.55. The number of alkyl halides is 3. The minimum Gasteiger partial charge on any atom is -0.378 e. The van der Waals surface area contributed by atoms with Crippen molar-refractivity contribution in [2.75, 3.05) is 5.32 Å². The fourth-order valence-electron chi connectivity index (χ4n) is 2.45. The van der Waals surface area contributed by atoms with Crippen LogP contribution in [0, 0.1) is 18.3 Å². The Morgan fingerprint density at radius 3 is 2.69 bits per heavy atom. The monoisotopic (exact) mass is 361 g/mol. The molecule has 0 radical (unpaired) electrons. The Morgan fingerprint density at radius 1 is 1.31 bits per heavy atom. The van der Waals surface area contributed by atoms with Crippen molar-refractivity contribution in [1.29, 1.82) is 5.26 Å². The summed E-state index contributed by atoms with van der Waals surface area (Å²) in [4.78, 5) is 0. The number of nitrogens with zero attached hydrogens (tertiary/aromatic N) is 4. The molecule has 2 heterocycles. The van der Waals surface area contributed by atoms with Gasteiger partial charge in [0.2, 0.25) is 0 Å². The summed E-state index contributed by atoms with van der Waals surface area (Å²) >= 11 is 0. The first-order valence-corrected chi connectivity index (χ1v) is 7.59. The number of aromatic nitrogens is 3. The van der Waals surface area contributed by atoms with Crippen molar-refractivity contribution in [3.05, 3.63) is 53.0 Å². The zero-order valence-corrected chi connectivity index (χ0v) is 13.9. The van der Waals surface area contributed by atoms with Gasteiger partial charge in [-0.3, -0.25) is 4.68 Å². The summed E-state index contributed by atoms with van der Waals surface area (Å²) in [7, 11) is 1.81. The average Bonchev–Trinajstić information content (AvgIpc) is 3.19. The average molecular weight is 361 g/mol. The van der Waals surface area contributed by atoms with E-state index in [1.807, 2.05) is 14.0 Å². The van der Waals surface area contributed by atoms with Crippen LogP contribution in [0.5, 0.6) is 0 Å². The number of halogens is 3. The van der Waals surface area contributed by atoms with Gasteiger partial charge < -0.3 is 9.84 Å². The highest BCUT2D eigenvalue weighted by Gasteiger charge is 2.33. The van der Waals surface area contributed by atoms with Crippen molar-refractivity contribution in [2.45, 2.75) is 19.6 Å². The largest absolute Gasteiger partial charge is 0.417 e. The Morgan fingerprint density at radius 2 is 2.08 bits per heavy atom. The molecule has 134 valence electrons. The van der Waals surface area contributed by atoms with Crippen LogP contribution in [-0.2, 0) is 19.8 Å². The highest BCUT2D eigenvalue weighted by molar-refractivity contribution is 5.61. The predicted molar refractivity (Wildman–Crippen MR) is 86.9 cm³/mol. The molecule has 3 aromatic rings. The zero-order chi connectivity index (χ0) is 18.9. The topological polar surface area (TPSA) is 79.7 Å². The van der Waals surface area contributed by atoms with Crippen molar-refractivity contribution >= 4 is 5.69 Å². The first kappa shape index (κ1) is 17.5. The molecule has 0 aliphatic heterocycles. The number of anilines is 1. The Balaban J connectivity index is 1.76. The van der Waals surface area contributed by atoms with Gasteiger partial charge >= 0.3 is 6.18 Å². The SMILES string of the molecule is Cc1c(-c2cc(CNc3ccc(C#N)c(C(F)(F)F)c3)on2)cnn1C. The molecule has 9 heteroatoms. The second-order valence-electron chi connectivity index (χ2n) is 5.67. The summed E-state index contributed by atoms with van der Waals surface area (Å²) in [6.45, 7) is 2.04. The number of nitriles is 1. The van der Waals surface area contributed by atoms with Crippen LogP contribution in [0.15, 0.2) is 35.0 Å². The Kier molecular flexibility index (Phi) is 4.42. The fourth-order valence-corrected chi connectivity index (χ4v) is 2.45. The van der Waals surface area contributed by atoms with E-state index >= 15 is 0 Å². The van der Waals surface area contributed by atoms with Crippen LogP contribution in [0.2, 0.25) is 0 Å². The van der Waals surface area contributed by atoms with Crippen LogP contribution >= 0.6 is 0 Å². The summed E-state index contributed by atoms with van der Waals surface area (Å²) in [5, 5.41) is 19.8. The summed E-state index contributed by atoms with van der Waals surface area (Å²) < 4.78 is 45.9. The van der Waals surface area contributed by atoms with E-state index < -0.39 is 17.3 Å². The Bertz CT molecular complexity index is 981. The van der Waals surface area contributed by atoms with Crippen molar-refractivity contribution in [2.24, 2.45) is 7.05 Å². The van der Waals surface area contributed by atoms with E-state index in [1.165, 1.54) is 6.07 Å². The van der Waals surface area contributed by atoms with Gasteiger partial charge in [0.1, 0.15) is 5.69 Å². The van der Waals surface area contributed by atoms with Gasteiger partial charge in [-0.2, -0.15) is 23.5 Å². The van der Waals surface area contributed by atoms with Gasteiger partial charge in [0.25, 0.3) is 0 Å². The van der Waals surface area contributed by atoms with Crippen molar-refractivity contribution in [1.82, 2.24) is 14.9 Å². The highest BCUT2D eigenvalue weighted by atomic mass is 19.4. The lowest BCUT2D eigenvalue weighted by Crippen LogP contribution is -2.09. The van der Waals surface area contributed by atoms with Gasteiger partial charge in [-0.1, -0.05) is 5.16 Å². The first-order chi connectivity index (χ1) is 12.3. The molecule has 0 saturated carbocycles. The van der Waals surface area contributed by atoms with E-state index in [2.05, 4.69) is 15.6 Å². The van der Waals surface area contributed by atoms with Gasteiger partial charge in [0.05, 0.1) is 29.9 Å². The molecule has 0 unspecified atom stereocenters. The molecule has 26 heavy (non-hydrogen) atoms. The molecule has 0 spiro atoms. The molecule has 0 fully saturated rings. The fraction of sp³-hybridized carbons (Fsp3) is 0.235. The molecule has 0 amide bonds. The quantitative estimate of drug-likeness (QED) is 0.763. The summed E-state index contributed by atoms with van der Waals surface area (Å²) in [6, 6.07) is 6.70. The Hall–Kier alpha value is -3.28. The molecule has 1 N–H and O–H groups in total. The molecule has 1 aromatic carbocycles.